The molecule has 0 heterocycles. The van der Waals surface area contributed by atoms with E-state index in [1.807, 2.05) is 0 Å². The van der Waals surface area contributed by atoms with Crippen LogP contribution in [0.4, 0.5) is 0 Å². The van der Waals surface area contributed by atoms with Gasteiger partial charge in [0, 0.05) is 31.8 Å². The summed E-state index contributed by atoms with van der Waals surface area (Å²) in [6.07, 6.45) is 10.7. The summed E-state index contributed by atoms with van der Waals surface area (Å²) >= 11 is 0. The highest BCUT2D eigenvalue weighted by Gasteiger charge is 2.30. The third-order valence-electron chi connectivity index (χ3n) is 5.04. The lowest BCUT2D eigenvalue weighted by Gasteiger charge is -2.42. The summed E-state index contributed by atoms with van der Waals surface area (Å²) in [6.45, 7) is 6.01. The highest BCUT2D eigenvalue weighted by Crippen LogP contribution is 2.30. The van der Waals surface area contributed by atoms with E-state index in [0.29, 0.717) is 6.61 Å². The average molecular weight is 268 g/mol. The molecular weight excluding hydrogens is 236 g/mol. The van der Waals surface area contributed by atoms with Gasteiger partial charge in [0.05, 0.1) is 0 Å². The molecule has 0 amide bonds. The molecule has 0 spiro atoms. The standard InChI is InChI=1S/C16H32N2O/c1-2-17-16-10-4-3-7-14(16)13-18(11-6-12-19)15-8-5-9-15/h14-17,19H,2-13H2,1H3. The average Bonchev–Trinajstić information content (AvgIpc) is 2.36. The van der Waals surface area contributed by atoms with Gasteiger partial charge in [-0.2, -0.15) is 0 Å². The molecule has 0 aromatic rings. The lowest BCUT2D eigenvalue weighted by molar-refractivity contribution is 0.0795. The Labute approximate surface area is 118 Å². The lowest BCUT2D eigenvalue weighted by atomic mass is 9.82. The maximum Gasteiger partial charge on any atom is 0.0443 e. The first kappa shape index (κ1) is 15.3. The van der Waals surface area contributed by atoms with Crippen LogP contribution in [0.3, 0.4) is 0 Å². The fourth-order valence-electron chi connectivity index (χ4n) is 3.71. The molecule has 2 N–H and O–H groups in total. The van der Waals surface area contributed by atoms with Gasteiger partial charge in [-0.3, -0.25) is 4.90 Å². The lowest BCUT2D eigenvalue weighted by Crippen LogP contribution is -2.49. The van der Waals surface area contributed by atoms with E-state index in [2.05, 4.69) is 17.1 Å². The molecule has 2 unspecified atom stereocenters. The SMILES string of the molecule is CCNC1CCCCC1CN(CCCO)C1CCC1. The van der Waals surface area contributed by atoms with Crippen molar-refractivity contribution in [1.29, 1.82) is 0 Å². The van der Waals surface area contributed by atoms with Gasteiger partial charge in [0.2, 0.25) is 0 Å². The molecule has 3 nitrogen and oxygen atoms in total. The van der Waals surface area contributed by atoms with Crippen molar-refractivity contribution in [2.75, 3.05) is 26.2 Å². The fraction of sp³-hybridized carbons (Fsp3) is 1.00. The second-order valence-electron chi connectivity index (χ2n) is 6.37. The monoisotopic (exact) mass is 268 g/mol. The molecule has 0 radical (unpaired) electrons. The topological polar surface area (TPSA) is 35.5 Å². The van der Waals surface area contributed by atoms with Crippen molar-refractivity contribution in [3.05, 3.63) is 0 Å². The minimum absolute atomic E-state index is 0.338. The van der Waals surface area contributed by atoms with Crippen LogP contribution in [0.1, 0.15) is 58.3 Å². The van der Waals surface area contributed by atoms with Crippen LogP contribution in [-0.4, -0.2) is 48.3 Å². The summed E-state index contributed by atoms with van der Waals surface area (Å²) in [7, 11) is 0. The summed E-state index contributed by atoms with van der Waals surface area (Å²) in [5, 5.41) is 12.8. The van der Waals surface area contributed by atoms with E-state index in [9.17, 15) is 0 Å². The Kier molecular flexibility index (Phi) is 6.62. The molecule has 0 aliphatic heterocycles. The van der Waals surface area contributed by atoms with E-state index < -0.39 is 0 Å². The summed E-state index contributed by atoms with van der Waals surface area (Å²) in [5.74, 6) is 0.827. The molecule has 2 aliphatic carbocycles. The quantitative estimate of drug-likeness (QED) is 0.709. The van der Waals surface area contributed by atoms with E-state index in [1.54, 1.807) is 0 Å². The Morgan fingerprint density at radius 2 is 1.89 bits per heavy atom. The first-order chi connectivity index (χ1) is 9.35. The Morgan fingerprint density at radius 3 is 2.53 bits per heavy atom. The van der Waals surface area contributed by atoms with E-state index in [1.165, 1.54) is 51.5 Å². The van der Waals surface area contributed by atoms with Crippen LogP contribution in [0.25, 0.3) is 0 Å². The smallest absolute Gasteiger partial charge is 0.0443 e. The molecule has 0 aromatic heterocycles. The molecular formula is C16H32N2O. The summed E-state index contributed by atoms with van der Waals surface area (Å²) in [5.41, 5.74) is 0. The van der Waals surface area contributed by atoms with Crippen LogP contribution in [-0.2, 0) is 0 Å². The van der Waals surface area contributed by atoms with Gasteiger partial charge < -0.3 is 10.4 Å². The van der Waals surface area contributed by atoms with E-state index in [4.69, 9.17) is 5.11 Å². The molecule has 2 aliphatic rings. The summed E-state index contributed by atoms with van der Waals surface area (Å²) in [6, 6.07) is 1.55. The number of aliphatic hydroxyl groups excluding tert-OH is 1. The number of hydrogen-bond donors (Lipinski definition) is 2. The van der Waals surface area contributed by atoms with Crippen molar-refractivity contribution >= 4 is 0 Å². The summed E-state index contributed by atoms with van der Waals surface area (Å²) in [4.78, 5) is 2.68. The van der Waals surface area contributed by atoms with Crippen LogP contribution < -0.4 is 5.32 Å². The molecule has 2 rings (SSSR count). The Morgan fingerprint density at radius 1 is 1.11 bits per heavy atom. The normalized spacial score (nSPS) is 28.6. The molecule has 0 saturated heterocycles. The molecule has 0 aromatic carbocycles. The van der Waals surface area contributed by atoms with Gasteiger partial charge in [-0.25, -0.2) is 0 Å². The predicted octanol–water partition coefficient (Wildman–Crippen LogP) is 2.39. The Hall–Kier alpha value is -0.120. The second-order valence-corrected chi connectivity index (χ2v) is 6.37. The molecule has 3 heteroatoms. The van der Waals surface area contributed by atoms with Crippen LogP contribution in [0.5, 0.6) is 0 Å². The number of nitrogens with zero attached hydrogens (tertiary/aromatic N) is 1. The van der Waals surface area contributed by atoms with Gasteiger partial charge >= 0.3 is 0 Å². The van der Waals surface area contributed by atoms with Crippen LogP contribution in [0.2, 0.25) is 0 Å². The maximum atomic E-state index is 9.09. The van der Waals surface area contributed by atoms with E-state index in [-0.39, 0.29) is 0 Å². The zero-order chi connectivity index (χ0) is 13.5. The number of nitrogens with one attached hydrogen (secondary N) is 1. The molecule has 2 saturated carbocycles. The van der Waals surface area contributed by atoms with E-state index >= 15 is 0 Å². The third kappa shape index (κ3) is 4.44. The fourth-order valence-corrected chi connectivity index (χ4v) is 3.71. The minimum Gasteiger partial charge on any atom is -0.396 e. The van der Waals surface area contributed by atoms with Gasteiger partial charge in [-0.1, -0.05) is 26.2 Å². The van der Waals surface area contributed by atoms with Crippen molar-refractivity contribution in [3.8, 4) is 0 Å². The van der Waals surface area contributed by atoms with Crippen LogP contribution in [0.15, 0.2) is 0 Å². The Balaban J connectivity index is 1.85. The predicted molar refractivity (Wildman–Crippen MR) is 80.3 cm³/mol. The maximum absolute atomic E-state index is 9.09. The molecule has 2 fully saturated rings. The van der Waals surface area contributed by atoms with Crippen molar-refractivity contribution in [1.82, 2.24) is 10.2 Å². The van der Waals surface area contributed by atoms with Crippen LogP contribution in [0, 0.1) is 5.92 Å². The van der Waals surface area contributed by atoms with Gasteiger partial charge in [-0.15, -0.1) is 0 Å². The van der Waals surface area contributed by atoms with Gasteiger partial charge in [0.15, 0.2) is 0 Å². The van der Waals surface area contributed by atoms with Crippen molar-refractivity contribution in [2.24, 2.45) is 5.92 Å². The van der Waals surface area contributed by atoms with Crippen molar-refractivity contribution in [3.63, 3.8) is 0 Å². The van der Waals surface area contributed by atoms with Crippen molar-refractivity contribution < 1.29 is 5.11 Å². The molecule has 112 valence electrons. The first-order valence-corrected chi connectivity index (χ1v) is 8.43. The summed E-state index contributed by atoms with van der Waals surface area (Å²) < 4.78 is 0. The van der Waals surface area contributed by atoms with Gasteiger partial charge in [-0.05, 0) is 44.6 Å². The molecule has 2 atom stereocenters. The Bertz CT molecular complexity index is 241. The zero-order valence-corrected chi connectivity index (χ0v) is 12.6. The van der Waals surface area contributed by atoms with Crippen LogP contribution >= 0.6 is 0 Å². The van der Waals surface area contributed by atoms with Gasteiger partial charge in [0.25, 0.3) is 0 Å². The minimum atomic E-state index is 0.338. The van der Waals surface area contributed by atoms with Gasteiger partial charge in [0.1, 0.15) is 0 Å². The van der Waals surface area contributed by atoms with E-state index in [0.717, 1.165) is 37.5 Å². The number of aliphatic hydroxyl groups is 1. The molecule has 19 heavy (non-hydrogen) atoms. The number of hydrogen-bond acceptors (Lipinski definition) is 3. The van der Waals surface area contributed by atoms with Crippen molar-refractivity contribution in [2.45, 2.75) is 70.4 Å². The highest BCUT2D eigenvalue weighted by atomic mass is 16.3. The third-order valence-corrected chi connectivity index (χ3v) is 5.04. The molecule has 0 bridgehead atoms. The second kappa shape index (κ2) is 8.23. The largest absolute Gasteiger partial charge is 0.396 e. The first-order valence-electron chi connectivity index (χ1n) is 8.43. The number of rotatable bonds is 8. The zero-order valence-electron chi connectivity index (χ0n) is 12.6. The highest BCUT2D eigenvalue weighted by molar-refractivity contribution is 4.87.